The van der Waals surface area contributed by atoms with Crippen molar-refractivity contribution in [1.29, 1.82) is 0 Å². The van der Waals surface area contributed by atoms with Gasteiger partial charge >= 0.3 is 0 Å². The van der Waals surface area contributed by atoms with Crippen LogP contribution < -0.4 is 5.32 Å². The monoisotopic (exact) mass is 426 g/mol. The van der Waals surface area contributed by atoms with E-state index < -0.39 is 0 Å². The largest absolute Gasteiger partial charge is 0.333 e. The van der Waals surface area contributed by atoms with Crippen LogP contribution in [0.1, 0.15) is 23.6 Å². The van der Waals surface area contributed by atoms with E-state index in [1.54, 1.807) is 6.07 Å². The molecule has 1 aliphatic rings. The Balaban J connectivity index is 0.00000225. The van der Waals surface area contributed by atoms with Gasteiger partial charge in [0.05, 0.1) is 6.04 Å². The minimum atomic E-state index is -0.265. The molecule has 1 amide bonds. The molecule has 1 heterocycles. The Bertz CT molecular complexity index is 728. The molecule has 2 aromatic rings. The van der Waals surface area contributed by atoms with E-state index in [4.69, 9.17) is 0 Å². The Kier molecular flexibility index (Phi) is 7.41. The highest BCUT2D eigenvalue weighted by atomic mass is 79.9. The fourth-order valence-electron chi connectivity index (χ4n) is 3.10. The molecule has 3 nitrogen and oxygen atoms in total. The minimum Gasteiger partial charge on any atom is -0.333 e. The quantitative estimate of drug-likeness (QED) is 0.796. The minimum absolute atomic E-state index is 0. The lowest BCUT2D eigenvalue weighted by molar-refractivity contribution is -0.134. The number of benzene rings is 2. The molecule has 1 aliphatic heterocycles. The summed E-state index contributed by atoms with van der Waals surface area (Å²) in [4.78, 5) is 14.6. The molecule has 1 fully saturated rings. The van der Waals surface area contributed by atoms with Crippen LogP contribution in [0.25, 0.3) is 0 Å². The van der Waals surface area contributed by atoms with Crippen molar-refractivity contribution in [2.75, 3.05) is 19.6 Å². The lowest BCUT2D eigenvalue weighted by Gasteiger charge is -2.36. The number of carbonyl (C=O) groups excluding carboxylic acids is 1. The van der Waals surface area contributed by atoms with Crippen LogP contribution in [0, 0.1) is 5.82 Å². The van der Waals surface area contributed by atoms with E-state index in [1.165, 1.54) is 12.1 Å². The molecule has 0 aliphatic carbocycles. The molecule has 1 saturated heterocycles. The molecule has 1 N–H and O–H groups in total. The van der Waals surface area contributed by atoms with Gasteiger partial charge in [-0.15, -0.1) is 12.4 Å². The molecule has 25 heavy (non-hydrogen) atoms. The van der Waals surface area contributed by atoms with Crippen molar-refractivity contribution in [2.24, 2.45) is 0 Å². The van der Waals surface area contributed by atoms with Gasteiger partial charge in [-0.25, -0.2) is 4.39 Å². The molecule has 0 spiro atoms. The normalized spacial score (nSPS) is 17.0. The molecule has 3 rings (SSSR count). The lowest BCUT2D eigenvalue weighted by atomic mass is 10.0. The molecule has 1 unspecified atom stereocenters. The molecular formula is C19H21BrClFN2O. The third kappa shape index (κ3) is 5.03. The van der Waals surface area contributed by atoms with Crippen LogP contribution in [0.2, 0.25) is 0 Å². The SMILES string of the molecule is Cl.O=C(CCc1ccccc1Br)N1CCNCC1c1cccc(F)c1. The molecule has 0 bridgehead atoms. The average molecular weight is 428 g/mol. The molecule has 6 heteroatoms. The first-order valence-corrected chi connectivity index (χ1v) is 8.93. The highest BCUT2D eigenvalue weighted by Gasteiger charge is 2.27. The summed E-state index contributed by atoms with van der Waals surface area (Å²) >= 11 is 3.52. The van der Waals surface area contributed by atoms with E-state index in [2.05, 4.69) is 21.2 Å². The van der Waals surface area contributed by atoms with E-state index >= 15 is 0 Å². The van der Waals surface area contributed by atoms with Gasteiger partial charge in [-0.3, -0.25) is 4.79 Å². The van der Waals surface area contributed by atoms with Gasteiger partial charge in [0, 0.05) is 30.5 Å². The van der Waals surface area contributed by atoms with Crippen LogP contribution in [0.4, 0.5) is 4.39 Å². The number of nitrogens with zero attached hydrogens (tertiary/aromatic N) is 1. The van der Waals surface area contributed by atoms with Crippen LogP contribution in [0.3, 0.4) is 0 Å². The van der Waals surface area contributed by atoms with Crippen molar-refractivity contribution in [3.05, 3.63) is 69.9 Å². The number of piperazine rings is 1. The van der Waals surface area contributed by atoms with Gasteiger partial charge in [0.15, 0.2) is 0 Å². The van der Waals surface area contributed by atoms with Crippen molar-refractivity contribution in [1.82, 2.24) is 10.2 Å². The van der Waals surface area contributed by atoms with Crippen molar-refractivity contribution >= 4 is 34.2 Å². The standard InChI is InChI=1S/C19H20BrFN2O.ClH/c20-17-7-2-1-4-14(17)8-9-19(24)23-11-10-22-13-18(23)15-5-3-6-16(21)12-15;/h1-7,12,18,22H,8-11,13H2;1H. The van der Waals surface area contributed by atoms with E-state index in [0.717, 1.165) is 22.1 Å². The third-order valence-corrected chi connectivity index (χ3v) is 5.14. The van der Waals surface area contributed by atoms with Crippen LogP contribution in [-0.2, 0) is 11.2 Å². The first kappa shape index (κ1) is 19.9. The second-order valence-electron chi connectivity index (χ2n) is 5.95. The summed E-state index contributed by atoms with van der Waals surface area (Å²) in [5, 5.41) is 3.30. The second kappa shape index (κ2) is 9.32. The fraction of sp³-hybridized carbons (Fsp3) is 0.316. The van der Waals surface area contributed by atoms with Gasteiger partial charge in [-0.05, 0) is 35.7 Å². The number of hydrogen-bond acceptors (Lipinski definition) is 2. The Morgan fingerprint density at radius 2 is 2.04 bits per heavy atom. The number of hydrogen-bond donors (Lipinski definition) is 1. The average Bonchev–Trinajstić information content (AvgIpc) is 2.61. The van der Waals surface area contributed by atoms with E-state index in [0.29, 0.717) is 25.9 Å². The van der Waals surface area contributed by atoms with Gasteiger partial charge in [-0.2, -0.15) is 0 Å². The van der Waals surface area contributed by atoms with Crippen LogP contribution >= 0.6 is 28.3 Å². The smallest absolute Gasteiger partial charge is 0.223 e. The molecule has 0 aromatic heterocycles. The Hall–Kier alpha value is -1.43. The van der Waals surface area contributed by atoms with Gasteiger partial charge in [0.25, 0.3) is 0 Å². The molecule has 0 saturated carbocycles. The number of aryl methyl sites for hydroxylation is 1. The summed E-state index contributed by atoms with van der Waals surface area (Å²) in [7, 11) is 0. The van der Waals surface area contributed by atoms with E-state index in [-0.39, 0.29) is 30.2 Å². The van der Waals surface area contributed by atoms with Crippen molar-refractivity contribution < 1.29 is 9.18 Å². The fourth-order valence-corrected chi connectivity index (χ4v) is 3.58. The predicted molar refractivity (Wildman–Crippen MR) is 103 cm³/mol. The molecular weight excluding hydrogens is 407 g/mol. The predicted octanol–water partition coefficient (Wildman–Crippen LogP) is 4.12. The number of nitrogens with one attached hydrogen (secondary N) is 1. The van der Waals surface area contributed by atoms with Crippen molar-refractivity contribution in [2.45, 2.75) is 18.9 Å². The van der Waals surface area contributed by atoms with Crippen LogP contribution in [-0.4, -0.2) is 30.4 Å². The summed E-state index contributed by atoms with van der Waals surface area (Å²) in [6.07, 6.45) is 1.15. The van der Waals surface area contributed by atoms with Gasteiger partial charge in [0.2, 0.25) is 5.91 Å². The number of carbonyl (C=O) groups is 1. The van der Waals surface area contributed by atoms with E-state index in [1.807, 2.05) is 35.2 Å². The number of rotatable bonds is 4. The maximum Gasteiger partial charge on any atom is 0.223 e. The zero-order valence-electron chi connectivity index (χ0n) is 13.8. The summed E-state index contributed by atoms with van der Waals surface area (Å²) in [6.45, 7) is 2.08. The topological polar surface area (TPSA) is 32.3 Å². The third-order valence-electron chi connectivity index (χ3n) is 4.36. The van der Waals surface area contributed by atoms with Crippen LogP contribution in [0.15, 0.2) is 53.0 Å². The maximum absolute atomic E-state index is 13.5. The Morgan fingerprint density at radius 3 is 2.80 bits per heavy atom. The first-order chi connectivity index (χ1) is 11.6. The molecule has 134 valence electrons. The lowest BCUT2D eigenvalue weighted by Crippen LogP contribution is -2.48. The second-order valence-corrected chi connectivity index (χ2v) is 6.81. The summed E-state index contributed by atoms with van der Waals surface area (Å²) < 4.78 is 14.6. The molecule has 0 radical (unpaired) electrons. The summed E-state index contributed by atoms with van der Waals surface area (Å²) in [5.74, 6) is -0.153. The van der Waals surface area contributed by atoms with Crippen molar-refractivity contribution in [3.63, 3.8) is 0 Å². The van der Waals surface area contributed by atoms with Crippen molar-refractivity contribution in [3.8, 4) is 0 Å². The first-order valence-electron chi connectivity index (χ1n) is 8.14. The zero-order chi connectivity index (χ0) is 16.9. The highest BCUT2D eigenvalue weighted by molar-refractivity contribution is 9.10. The zero-order valence-corrected chi connectivity index (χ0v) is 16.2. The number of amides is 1. The molecule has 2 aromatic carbocycles. The van der Waals surface area contributed by atoms with Gasteiger partial charge in [0.1, 0.15) is 5.82 Å². The molecule has 1 atom stereocenters. The Morgan fingerprint density at radius 1 is 1.24 bits per heavy atom. The summed E-state index contributed by atoms with van der Waals surface area (Å²) in [5.41, 5.74) is 1.97. The van der Waals surface area contributed by atoms with Gasteiger partial charge < -0.3 is 10.2 Å². The van der Waals surface area contributed by atoms with Crippen LogP contribution in [0.5, 0.6) is 0 Å². The van der Waals surface area contributed by atoms with Gasteiger partial charge in [-0.1, -0.05) is 46.3 Å². The highest BCUT2D eigenvalue weighted by Crippen LogP contribution is 2.25. The number of halogens is 3. The maximum atomic E-state index is 13.5. The summed E-state index contributed by atoms with van der Waals surface area (Å²) in [6, 6.07) is 14.4. The van der Waals surface area contributed by atoms with E-state index in [9.17, 15) is 9.18 Å². The Labute approximate surface area is 162 Å².